The number of thiophene rings is 1. The van der Waals surface area contributed by atoms with Crippen LogP contribution in [0.25, 0.3) is 0 Å². The second kappa shape index (κ2) is 8.37. The maximum atomic E-state index is 6.38. The number of nitrogens with zero attached hydrogens (tertiary/aromatic N) is 1. The van der Waals surface area contributed by atoms with Crippen molar-refractivity contribution < 1.29 is 4.74 Å². The minimum Gasteiger partial charge on any atom is -0.383 e. The lowest BCUT2D eigenvalue weighted by Crippen LogP contribution is -2.46. The quantitative estimate of drug-likeness (QED) is 0.779. The van der Waals surface area contributed by atoms with Gasteiger partial charge in [-0.3, -0.25) is 4.90 Å². The molecule has 0 spiro atoms. The molecule has 0 aliphatic carbocycles. The predicted octanol–water partition coefficient (Wildman–Crippen LogP) is 3.65. The van der Waals surface area contributed by atoms with E-state index in [9.17, 15) is 0 Å². The molecule has 0 aliphatic heterocycles. The van der Waals surface area contributed by atoms with E-state index in [1.807, 2.05) is 0 Å². The van der Waals surface area contributed by atoms with E-state index in [1.165, 1.54) is 4.88 Å². The number of ether oxygens (including phenoxy) is 1. The lowest BCUT2D eigenvalue weighted by Gasteiger charge is -2.38. The first-order valence-corrected chi connectivity index (χ1v) is 8.41. The molecule has 3 atom stereocenters. The number of hydrogen-bond acceptors (Lipinski definition) is 4. The van der Waals surface area contributed by atoms with Gasteiger partial charge in [0.25, 0.3) is 0 Å². The van der Waals surface area contributed by atoms with Gasteiger partial charge >= 0.3 is 0 Å². The average Bonchev–Trinajstić information content (AvgIpc) is 2.81. The predicted molar refractivity (Wildman–Crippen MR) is 86.7 cm³/mol. The summed E-state index contributed by atoms with van der Waals surface area (Å²) in [6.45, 7) is 8.23. The Morgan fingerprint density at radius 1 is 1.42 bits per heavy atom. The highest BCUT2D eigenvalue weighted by Gasteiger charge is 2.29. The molecule has 0 bridgehead atoms. The third kappa shape index (κ3) is 4.53. The van der Waals surface area contributed by atoms with Gasteiger partial charge in [-0.2, -0.15) is 0 Å². The largest absolute Gasteiger partial charge is 0.383 e. The Labute approximate surface area is 129 Å². The molecular formula is C14H25BrN2OS. The Balaban J connectivity index is 3.00. The number of likely N-dealkylation sites (N-methyl/N-ethyl adjacent to an activating group) is 1. The van der Waals surface area contributed by atoms with Gasteiger partial charge in [-0.15, -0.1) is 11.3 Å². The fourth-order valence-corrected chi connectivity index (χ4v) is 4.07. The molecular weight excluding hydrogens is 324 g/mol. The highest BCUT2D eigenvalue weighted by molar-refractivity contribution is 9.11. The standard InChI is InChI=1S/C14H25BrN2OS/c1-5-11(16)14(12-7-8-13(15)19-12)17(6-2)10(3)9-18-4/h7-8,10-11,14H,5-6,9,16H2,1-4H3. The van der Waals surface area contributed by atoms with E-state index in [1.54, 1.807) is 18.4 Å². The fraction of sp³-hybridized carbons (Fsp3) is 0.714. The smallest absolute Gasteiger partial charge is 0.0702 e. The summed E-state index contributed by atoms with van der Waals surface area (Å²) >= 11 is 5.32. The molecule has 110 valence electrons. The minimum atomic E-state index is 0.143. The molecule has 1 aromatic heterocycles. The van der Waals surface area contributed by atoms with Gasteiger partial charge < -0.3 is 10.5 Å². The second-order valence-corrected chi connectivity index (χ2v) is 7.29. The zero-order valence-electron chi connectivity index (χ0n) is 12.2. The summed E-state index contributed by atoms with van der Waals surface area (Å²) in [5.41, 5.74) is 6.38. The molecule has 3 nitrogen and oxygen atoms in total. The van der Waals surface area contributed by atoms with Crippen molar-refractivity contribution >= 4 is 27.3 Å². The van der Waals surface area contributed by atoms with Crippen LogP contribution in [-0.4, -0.2) is 37.2 Å². The van der Waals surface area contributed by atoms with E-state index in [0.29, 0.717) is 6.04 Å². The molecule has 2 N–H and O–H groups in total. The Morgan fingerprint density at radius 3 is 2.53 bits per heavy atom. The lowest BCUT2D eigenvalue weighted by molar-refractivity contribution is 0.0641. The third-order valence-electron chi connectivity index (χ3n) is 3.46. The highest BCUT2D eigenvalue weighted by atomic mass is 79.9. The van der Waals surface area contributed by atoms with Crippen molar-refractivity contribution in [2.24, 2.45) is 5.73 Å². The summed E-state index contributed by atoms with van der Waals surface area (Å²) in [6.07, 6.45) is 0.969. The maximum Gasteiger partial charge on any atom is 0.0702 e. The third-order valence-corrected chi connectivity index (χ3v) is 5.15. The number of hydrogen-bond donors (Lipinski definition) is 1. The van der Waals surface area contributed by atoms with E-state index >= 15 is 0 Å². The van der Waals surface area contributed by atoms with Gasteiger partial charge in [-0.1, -0.05) is 13.8 Å². The number of nitrogens with two attached hydrogens (primary N) is 1. The van der Waals surface area contributed by atoms with Crippen LogP contribution in [0.1, 0.15) is 38.1 Å². The molecule has 5 heteroatoms. The first-order valence-electron chi connectivity index (χ1n) is 6.80. The van der Waals surface area contributed by atoms with Crippen LogP contribution in [0.4, 0.5) is 0 Å². The summed E-state index contributed by atoms with van der Waals surface area (Å²) in [7, 11) is 1.75. The van der Waals surface area contributed by atoms with Gasteiger partial charge in [0, 0.05) is 24.1 Å². The molecule has 0 saturated carbocycles. The van der Waals surface area contributed by atoms with E-state index in [4.69, 9.17) is 10.5 Å². The van der Waals surface area contributed by atoms with Crippen LogP contribution in [0.3, 0.4) is 0 Å². The van der Waals surface area contributed by atoms with Gasteiger partial charge in [0.05, 0.1) is 16.4 Å². The zero-order chi connectivity index (χ0) is 14.4. The number of methoxy groups -OCH3 is 1. The molecule has 19 heavy (non-hydrogen) atoms. The molecule has 0 fully saturated rings. The van der Waals surface area contributed by atoms with Crippen LogP contribution in [-0.2, 0) is 4.74 Å². The van der Waals surface area contributed by atoms with Crippen LogP contribution in [0.5, 0.6) is 0 Å². The summed E-state index contributed by atoms with van der Waals surface area (Å²) < 4.78 is 6.46. The van der Waals surface area contributed by atoms with E-state index < -0.39 is 0 Å². The van der Waals surface area contributed by atoms with E-state index in [0.717, 1.165) is 23.4 Å². The molecule has 0 saturated heterocycles. The topological polar surface area (TPSA) is 38.5 Å². The molecule has 1 aromatic rings. The average molecular weight is 349 g/mol. The van der Waals surface area contributed by atoms with Crippen LogP contribution in [0.2, 0.25) is 0 Å². The van der Waals surface area contributed by atoms with Crippen molar-refractivity contribution in [1.29, 1.82) is 0 Å². The summed E-state index contributed by atoms with van der Waals surface area (Å²) in [5.74, 6) is 0. The highest BCUT2D eigenvalue weighted by Crippen LogP contribution is 2.34. The number of rotatable bonds is 8. The first-order chi connectivity index (χ1) is 9.04. The first kappa shape index (κ1) is 17.1. The molecule has 3 unspecified atom stereocenters. The molecule has 1 heterocycles. The van der Waals surface area contributed by atoms with Crippen molar-refractivity contribution in [3.8, 4) is 0 Å². The summed E-state index contributed by atoms with van der Waals surface area (Å²) in [6, 6.07) is 5.04. The Kier molecular flexibility index (Phi) is 7.54. The molecule has 0 amide bonds. The fourth-order valence-electron chi connectivity index (χ4n) is 2.45. The summed E-state index contributed by atoms with van der Waals surface area (Å²) in [4.78, 5) is 3.77. The maximum absolute atomic E-state index is 6.38. The van der Waals surface area contributed by atoms with Crippen molar-refractivity contribution in [2.45, 2.75) is 45.3 Å². The van der Waals surface area contributed by atoms with E-state index in [-0.39, 0.29) is 12.1 Å². The van der Waals surface area contributed by atoms with Crippen LogP contribution in [0, 0.1) is 0 Å². The Bertz CT molecular complexity index is 372. The molecule has 0 aromatic carbocycles. The van der Waals surface area contributed by atoms with E-state index in [2.05, 4.69) is 53.7 Å². The zero-order valence-corrected chi connectivity index (χ0v) is 14.6. The van der Waals surface area contributed by atoms with Crippen LogP contribution < -0.4 is 5.73 Å². The number of halogens is 1. The van der Waals surface area contributed by atoms with Crippen molar-refractivity contribution in [3.63, 3.8) is 0 Å². The van der Waals surface area contributed by atoms with Crippen LogP contribution in [0.15, 0.2) is 15.9 Å². The van der Waals surface area contributed by atoms with Gasteiger partial charge in [-0.05, 0) is 48.0 Å². The van der Waals surface area contributed by atoms with Crippen molar-refractivity contribution in [1.82, 2.24) is 4.90 Å². The summed E-state index contributed by atoms with van der Waals surface area (Å²) in [5, 5.41) is 0. The monoisotopic (exact) mass is 348 g/mol. The van der Waals surface area contributed by atoms with Crippen LogP contribution >= 0.6 is 27.3 Å². The normalized spacial score (nSPS) is 16.6. The minimum absolute atomic E-state index is 0.143. The second-order valence-electron chi connectivity index (χ2n) is 4.79. The lowest BCUT2D eigenvalue weighted by atomic mass is 10.0. The van der Waals surface area contributed by atoms with Gasteiger partial charge in [0.2, 0.25) is 0 Å². The van der Waals surface area contributed by atoms with Gasteiger partial charge in [0.15, 0.2) is 0 Å². The van der Waals surface area contributed by atoms with Gasteiger partial charge in [0.1, 0.15) is 0 Å². The van der Waals surface area contributed by atoms with Crippen molar-refractivity contribution in [2.75, 3.05) is 20.3 Å². The Hall–Kier alpha value is 0.0600. The molecule has 0 aliphatic rings. The SMILES string of the molecule is CCC(N)C(c1ccc(Br)s1)N(CC)C(C)COC. The molecule has 1 rings (SSSR count). The molecule has 0 radical (unpaired) electrons. The van der Waals surface area contributed by atoms with Crippen molar-refractivity contribution in [3.05, 3.63) is 20.8 Å². The Morgan fingerprint density at radius 2 is 2.11 bits per heavy atom. The van der Waals surface area contributed by atoms with Gasteiger partial charge in [-0.25, -0.2) is 0 Å².